The summed E-state index contributed by atoms with van der Waals surface area (Å²) < 4.78 is 4.51. The summed E-state index contributed by atoms with van der Waals surface area (Å²) in [4.78, 5) is 9.51. The number of anilines is 1. The van der Waals surface area contributed by atoms with Crippen molar-refractivity contribution in [3.63, 3.8) is 0 Å². The highest BCUT2D eigenvalue weighted by atomic mass is 32.1. The third-order valence-electron chi connectivity index (χ3n) is 4.87. The second kappa shape index (κ2) is 8.99. The third kappa shape index (κ3) is 4.97. The Bertz CT molecular complexity index is 900. The molecule has 2 heterocycles. The molecule has 28 heavy (non-hydrogen) atoms. The van der Waals surface area contributed by atoms with Crippen LogP contribution in [-0.2, 0) is 6.42 Å². The molecule has 0 aliphatic carbocycles. The van der Waals surface area contributed by atoms with Crippen molar-refractivity contribution in [2.75, 3.05) is 37.6 Å². The van der Waals surface area contributed by atoms with Gasteiger partial charge in [-0.25, -0.2) is 4.98 Å². The minimum absolute atomic E-state index is 0.284. The monoisotopic (exact) mass is 392 g/mol. The maximum atomic E-state index is 9.39. The van der Waals surface area contributed by atoms with E-state index in [1.807, 2.05) is 18.2 Å². The molecule has 4 rings (SSSR count). The minimum atomic E-state index is 0.284. The lowest BCUT2D eigenvalue weighted by Gasteiger charge is -2.33. The van der Waals surface area contributed by atoms with Crippen LogP contribution in [0.15, 0.2) is 60.7 Å². The molecule has 144 valence electrons. The molecule has 0 spiro atoms. The number of aromatic nitrogens is 2. The van der Waals surface area contributed by atoms with Crippen LogP contribution in [0, 0.1) is 0 Å². The van der Waals surface area contributed by atoms with Gasteiger partial charge in [-0.05, 0) is 23.3 Å². The first-order valence-corrected chi connectivity index (χ1v) is 10.3. The van der Waals surface area contributed by atoms with E-state index in [9.17, 15) is 5.11 Å². The highest BCUT2D eigenvalue weighted by Gasteiger charge is 2.19. The summed E-state index contributed by atoms with van der Waals surface area (Å²) in [6, 6.07) is 17.7. The van der Waals surface area contributed by atoms with Crippen molar-refractivity contribution in [2.45, 2.75) is 6.42 Å². The van der Waals surface area contributed by atoms with Gasteiger partial charge in [-0.2, -0.15) is 4.37 Å². The topological polar surface area (TPSA) is 52.5 Å². The number of phenolic OH excluding ortho intramolecular Hbond substituents is 1. The van der Waals surface area contributed by atoms with Crippen LogP contribution in [0.1, 0.15) is 17.0 Å². The van der Waals surface area contributed by atoms with Gasteiger partial charge in [-0.3, -0.25) is 4.90 Å². The summed E-state index contributed by atoms with van der Waals surface area (Å²) in [5.41, 5.74) is 2.35. The Balaban J connectivity index is 1.26. The molecule has 1 aromatic heterocycles. The highest BCUT2D eigenvalue weighted by Crippen LogP contribution is 2.21. The van der Waals surface area contributed by atoms with E-state index in [0.717, 1.165) is 49.2 Å². The van der Waals surface area contributed by atoms with Gasteiger partial charge < -0.3 is 10.0 Å². The average molecular weight is 393 g/mol. The molecule has 0 amide bonds. The third-order valence-corrected chi connectivity index (χ3v) is 5.69. The Kier molecular flexibility index (Phi) is 5.99. The largest absolute Gasteiger partial charge is 0.508 e. The van der Waals surface area contributed by atoms with E-state index in [2.05, 4.69) is 50.6 Å². The summed E-state index contributed by atoms with van der Waals surface area (Å²) in [5, 5.41) is 10.4. The second-order valence-corrected chi connectivity index (χ2v) is 7.67. The van der Waals surface area contributed by atoms with Crippen molar-refractivity contribution in [1.29, 1.82) is 0 Å². The zero-order valence-electron chi connectivity index (χ0n) is 15.7. The van der Waals surface area contributed by atoms with E-state index in [4.69, 9.17) is 4.98 Å². The average Bonchev–Trinajstić information content (AvgIpc) is 3.20. The van der Waals surface area contributed by atoms with Crippen LogP contribution >= 0.6 is 11.5 Å². The molecule has 1 saturated heterocycles. The van der Waals surface area contributed by atoms with Crippen molar-refractivity contribution in [2.24, 2.45) is 0 Å². The summed E-state index contributed by atoms with van der Waals surface area (Å²) in [7, 11) is 0. The van der Waals surface area contributed by atoms with E-state index in [1.54, 1.807) is 12.1 Å². The number of hydrogen-bond donors (Lipinski definition) is 1. The Morgan fingerprint density at radius 2 is 1.71 bits per heavy atom. The molecule has 0 bridgehead atoms. The van der Waals surface area contributed by atoms with E-state index < -0.39 is 0 Å². The van der Waals surface area contributed by atoms with Crippen molar-refractivity contribution < 1.29 is 5.11 Å². The number of benzene rings is 2. The van der Waals surface area contributed by atoms with Crippen molar-refractivity contribution in [3.8, 4) is 5.75 Å². The molecule has 3 aromatic rings. The van der Waals surface area contributed by atoms with Crippen LogP contribution in [0.3, 0.4) is 0 Å². The smallest absolute Gasteiger partial charge is 0.205 e. The van der Waals surface area contributed by atoms with Gasteiger partial charge in [0.2, 0.25) is 5.13 Å². The van der Waals surface area contributed by atoms with Gasteiger partial charge in [0.1, 0.15) is 11.6 Å². The maximum Gasteiger partial charge on any atom is 0.205 e. The molecule has 0 radical (unpaired) electrons. The number of phenols is 1. The van der Waals surface area contributed by atoms with Gasteiger partial charge >= 0.3 is 0 Å². The normalized spacial score (nSPS) is 15.4. The maximum absolute atomic E-state index is 9.39. The SMILES string of the molecule is Oc1ccc(Cc2nsc(N3CCN(C/C=C/c4ccccc4)CC3)n2)cc1. The zero-order chi connectivity index (χ0) is 19.2. The fourth-order valence-corrected chi connectivity index (χ4v) is 4.00. The van der Waals surface area contributed by atoms with Crippen molar-refractivity contribution >= 4 is 22.7 Å². The lowest BCUT2D eigenvalue weighted by atomic mass is 10.1. The van der Waals surface area contributed by atoms with E-state index in [0.29, 0.717) is 6.42 Å². The van der Waals surface area contributed by atoms with Crippen LogP contribution < -0.4 is 4.90 Å². The van der Waals surface area contributed by atoms with Crippen LogP contribution in [0.5, 0.6) is 5.75 Å². The zero-order valence-corrected chi connectivity index (χ0v) is 16.6. The molecule has 1 N–H and O–H groups in total. The molecule has 0 unspecified atom stereocenters. The summed E-state index contributed by atoms with van der Waals surface area (Å²) in [6.45, 7) is 5.00. The minimum Gasteiger partial charge on any atom is -0.508 e. The van der Waals surface area contributed by atoms with Crippen LogP contribution in [-0.4, -0.2) is 52.1 Å². The molecule has 5 nitrogen and oxygen atoms in total. The molecule has 6 heteroatoms. The van der Waals surface area contributed by atoms with Gasteiger partial charge in [-0.1, -0.05) is 54.6 Å². The Morgan fingerprint density at radius 1 is 0.964 bits per heavy atom. The van der Waals surface area contributed by atoms with Gasteiger partial charge in [0.15, 0.2) is 0 Å². The molecule has 1 fully saturated rings. The number of nitrogens with zero attached hydrogens (tertiary/aromatic N) is 4. The first kappa shape index (κ1) is 18.7. The molecule has 1 aliphatic heterocycles. The predicted molar refractivity (Wildman–Crippen MR) is 115 cm³/mol. The summed E-state index contributed by atoms with van der Waals surface area (Å²) in [6.07, 6.45) is 5.12. The van der Waals surface area contributed by atoms with Crippen LogP contribution in [0.25, 0.3) is 6.08 Å². The first-order chi connectivity index (χ1) is 13.8. The predicted octanol–water partition coefficient (Wildman–Crippen LogP) is 3.67. The van der Waals surface area contributed by atoms with Gasteiger partial charge in [-0.15, -0.1) is 0 Å². The fraction of sp³-hybridized carbons (Fsp3) is 0.273. The second-order valence-electron chi connectivity index (χ2n) is 6.94. The Hall–Kier alpha value is -2.70. The van der Waals surface area contributed by atoms with Gasteiger partial charge in [0, 0.05) is 50.7 Å². The first-order valence-electron chi connectivity index (χ1n) is 9.56. The summed E-state index contributed by atoms with van der Waals surface area (Å²) >= 11 is 1.48. The van der Waals surface area contributed by atoms with E-state index in [1.165, 1.54) is 17.1 Å². The van der Waals surface area contributed by atoms with Crippen molar-refractivity contribution in [3.05, 3.63) is 77.6 Å². The Labute approximate surface area is 169 Å². The summed E-state index contributed by atoms with van der Waals surface area (Å²) in [5.74, 6) is 1.13. The number of hydrogen-bond acceptors (Lipinski definition) is 6. The van der Waals surface area contributed by atoms with Gasteiger partial charge in [0.25, 0.3) is 0 Å². The number of piperazine rings is 1. The lowest BCUT2D eigenvalue weighted by molar-refractivity contribution is 0.284. The quantitative estimate of drug-likeness (QED) is 0.694. The molecule has 0 saturated carbocycles. The fourth-order valence-electron chi connectivity index (χ4n) is 3.27. The van der Waals surface area contributed by atoms with E-state index >= 15 is 0 Å². The molecule has 1 aliphatic rings. The van der Waals surface area contributed by atoms with Crippen molar-refractivity contribution in [1.82, 2.24) is 14.3 Å². The molecule has 2 aromatic carbocycles. The lowest BCUT2D eigenvalue weighted by Crippen LogP contribution is -2.46. The molecule has 0 atom stereocenters. The van der Waals surface area contributed by atoms with Crippen LogP contribution in [0.4, 0.5) is 5.13 Å². The Morgan fingerprint density at radius 3 is 2.46 bits per heavy atom. The van der Waals surface area contributed by atoms with Gasteiger partial charge in [0.05, 0.1) is 0 Å². The van der Waals surface area contributed by atoms with E-state index in [-0.39, 0.29) is 5.75 Å². The molecular weight excluding hydrogens is 368 g/mol. The standard InChI is InChI=1S/C22H24N4OS/c27-20-10-8-19(9-11-20)17-21-23-22(28-24-21)26-15-13-25(14-16-26)12-4-7-18-5-2-1-3-6-18/h1-11,27H,12-17H2/b7-4+. The highest BCUT2D eigenvalue weighted by molar-refractivity contribution is 7.09. The van der Waals surface area contributed by atoms with Crippen LogP contribution in [0.2, 0.25) is 0 Å². The number of rotatable bonds is 6. The molecular formula is C22H24N4OS. The number of aromatic hydroxyl groups is 1.